The van der Waals surface area contributed by atoms with Crippen molar-refractivity contribution in [2.75, 3.05) is 20.2 Å². The van der Waals surface area contributed by atoms with E-state index in [1.807, 2.05) is 7.05 Å². The van der Waals surface area contributed by atoms with Gasteiger partial charge in [0.1, 0.15) is 5.75 Å². The van der Waals surface area contributed by atoms with Crippen molar-refractivity contribution in [2.45, 2.75) is 13.8 Å². The van der Waals surface area contributed by atoms with Crippen LogP contribution in [0.5, 0.6) is 5.75 Å². The van der Waals surface area contributed by atoms with Gasteiger partial charge >= 0.3 is 0 Å². The molecule has 0 aromatic heterocycles. The lowest BCUT2D eigenvalue weighted by atomic mass is 9.95. The van der Waals surface area contributed by atoms with Gasteiger partial charge in [0.05, 0.1) is 21.7 Å². The van der Waals surface area contributed by atoms with Crippen LogP contribution >= 0.6 is 34.8 Å². The van der Waals surface area contributed by atoms with Gasteiger partial charge < -0.3 is 10.1 Å². The van der Waals surface area contributed by atoms with Gasteiger partial charge in [0.2, 0.25) is 0 Å². The van der Waals surface area contributed by atoms with E-state index in [1.165, 1.54) is 0 Å². The summed E-state index contributed by atoms with van der Waals surface area (Å²) in [5.41, 5.74) is 0.0180. The number of hydrogen-bond donors (Lipinski definition) is 1. The van der Waals surface area contributed by atoms with Crippen LogP contribution in [0.3, 0.4) is 0 Å². The summed E-state index contributed by atoms with van der Waals surface area (Å²) in [6.45, 7) is 5.61. The van der Waals surface area contributed by atoms with Crippen LogP contribution in [0.1, 0.15) is 13.8 Å². The van der Waals surface area contributed by atoms with Crippen LogP contribution in [0, 0.1) is 5.41 Å². The maximum Gasteiger partial charge on any atom is 0.139 e. The maximum atomic E-state index is 6.02. The van der Waals surface area contributed by atoms with Crippen LogP contribution in [0.4, 0.5) is 0 Å². The van der Waals surface area contributed by atoms with Crippen molar-refractivity contribution in [2.24, 2.45) is 5.41 Å². The largest absolute Gasteiger partial charge is 0.491 e. The fourth-order valence-corrected chi connectivity index (χ4v) is 2.01. The second-order valence-electron chi connectivity index (χ2n) is 4.68. The molecule has 0 spiro atoms. The Balaban J connectivity index is 2.73. The second kappa shape index (κ2) is 6.14. The minimum absolute atomic E-state index is 0.0180. The molecule has 0 heterocycles. The molecule has 2 nitrogen and oxygen atoms in total. The lowest BCUT2D eigenvalue weighted by Gasteiger charge is -2.24. The van der Waals surface area contributed by atoms with E-state index in [-0.39, 0.29) is 5.41 Å². The molecule has 1 aromatic rings. The number of ether oxygens (including phenoxy) is 1. The van der Waals surface area contributed by atoms with Crippen molar-refractivity contribution < 1.29 is 4.74 Å². The average molecular weight is 297 g/mol. The Kier molecular flexibility index (Phi) is 5.39. The molecule has 1 N–H and O–H groups in total. The lowest BCUT2D eigenvalue weighted by Crippen LogP contribution is -2.32. The molecule has 0 saturated carbocycles. The molecule has 0 aliphatic carbocycles. The molecule has 0 aliphatic heterocycles. The fraction of sp³-hybridized carbons (Fsp3) is 0.500. The number of benzene rings is 1. The Morgan fingerprint density at radius 3 is 2.29 bits per heavy atom. The van der Waals surface area contributed by atoms with Crippen molar-refractivity contribution in [1.29, 1.82) is 0 Å². The van der Waals surface area contributed by atoms with E-state index in [4.69, 9.17) is 39.5 Å². The quantitative estimate of drug-likeness (QED) is 0.819. The van der Waals surface area contributed by atoms with E-state index in [2.05, 4.69) is 19.2 Å². The first kappa shape index (κ1) is 14.9. The number of nitrogens with one attached hydrogen (secondary N) is 1. The maximum absolute atomic E-state index is 6.02. The summed E-state index contributed by atoms with van der Waals surface area (Å²) in [5, 5.41) is 4.46. The highest BCUT2D eigenvalue weighted by atomic mass is 35.5. The molecule has 0 bridgehead atoms. The lowest BCUT2D eigenvalue weighted by molar-refractivity contribution is 0.179. The van der Waals surface area contributed by atoms with E-state index in [1.54, 1.807) is 12.1 Å². The first-order chi connectivity index (χ1) is 7.85. The summed E-state index contributed by atoms with van der Waals surface area (Å²) < 4.78 is 5.67. The van der Waals surface area contributed by atoms with E-state index in [9.17, 15) is 0 Å². The van der Waals surface area contributed by atoms with E-state index < -0.39 is 0 Å². The van der Waals surface area contributed by atoms with Crippen LogP contribution < -0.4 is 10.1 Å². The minimum atomic E-state index is 0.0180. The molecule has 5 heteroatoms. The summed E-state index contributed by atoms with van der Waals surface area (Å²) in [6, 6.07) is 3.23. The van der Waals surface area contributed by atoms with Crippen LogP contribution in [0.25, 0.3) is 0 Å². The molecular weight excluding hydrogens is 280 g/mol. The van der Waals surface area contributed by atoms with E-state index >= 15 is 0 Å². The van der Waals surface area contributed by atoms with Gasteiger partial charge in [-0.25, -0.2) is 0 Å². The predicted octanol–water partition coefficient (Wildman–Crippen LogP) is 4.27. The predicted molar refractivity (Wildman–Crippen MR) is 74.7 cm³/mol. The molecule has 0 radical (unpaired) electrons. The Morgan fingerprint density at radius 1 is 1.12 bits per heavy atom. The van der Waals surface area contributed by atoms with Crippen LogP contribution in [-0.2, 0) is 0 Å². The summed E-state index contributed by atoms with van der Waals surface area (Å²) in [5.74, 6) is 0.560. The van der Waals surface area contributed by atoms with Gasteiger partial charge in [0, 0.05) is 18.0 Å². The van der Waals surface area contributed by atoms with Gasteiger partial charge in [-0.15, -0.1) is 0 Å². The Hall–Kier alpha value is -0.150. The van der Waals surface area contributed by atoms with Crippen molar-refractivity contribution >= 4 is 34.8 Å². The van der Waals surface area contributed by atoms with Crippen molar-refractivity contribution in [3.63, 3.8) is 0 Å². The highest BCUT2D eigenvalue weighted by Gasteiger charge is 2.18. The minimum Gasteiger partial charge on any atom is -0.491 e. The van der Waals surface area contributed by atoms with Gasteiger partial charge in [-0.1, -0.05) is 48.7 Å². The van der Waals surface area contributed by atoms with Gasteiger partial charge in [-0.3, -0.25) is 0 Å². The van der Waals surface area contributed by atoms with Gasteiger partial charge in [0.15, 0.2) is 0 Å². The number of hydrogen-bond acceptors (Lipinski definition) is 2. The SMILES string of the molecule is CNCC(C)(C)COc1cc(Cl)c(Cl)cc1Cl. The van der Waals surface area contributed by atoms with Crippen LogP contribution in [0.15, 0.2) is 12.1 Å². The molecule has 0 aliphatic rings. The zero-order valence-corrected chi connectivity index (χ0v) is 12.4. The van der Waals surface area contributed by atoms with Gasteiger partial charge in [0.25, 0.3) is 0 Å². The Morgan fingerprint density at radius 2 is 1.71 bits per heavy atom. The first-order valence-corrected chi connectivity index (χ1v) is 6.41. The third kappa shape index (κ3) is 4.55. The molecule has 0 unspecified atom stereocenters. The molecule has 96 valence electrons. The van der Waals surface area contributed by atoms with Crippen molar-refractivity contribution in [1.82, 2.24) is 5.32 Å². The van der Waals surface area contributed by atoms with E-state index in [0.717, 1.165) is 6.54 Å². The fourth-order valence-electron chi connectivity index (χ4n) is 1.42. The zero-order chi connectivity index (χ0) is 13.1. The second-order valence-corrected chi connectivity index (χ2v) is 5.90. The molecule has 0 amide bonds. The molecule has 0 fully saturated rings. The van der Waals surface area contributed by atoms with Gasteiger partial charge in [-0.2, -0.15) is 0 Å². The van der Waals surface area contributed by atoms with Crippen molar-refractivity contribution in [3.05, 3.63) is 27.2 Å². The molecule has 17 heavy (non-hydrogen) atoms. The molecular formula is C12H16Cl3NO. The third-order valence-corrected chi connectivity index (χ3v) is 3.27. The molecule has 0 atom stereocenters. The standard InChI is InChI=1S/C12H16Cl3NO/c1-12(2,6-16-3)7-17-11-5-9(14)8(13)4-10(11)15/h4-5,16H,6-7H2,1-3H3. The summed E-state index contributed by atoms with van der Waals surface area (Å²) in [6.07, 6.45) is 0. The summed E-state index contributed by atoms with van der Waals surface area (Å²) in [7, 11) is 1.91. The van der Waals surface area contributed by atoms with Crippen molar-refractivity contribution in [3.8, 4) is 5.75 Å². The highest BCUT2D eigenvalue weighted by molar-refractivity contribution is 6.43. The highest BCUT2D eigenvalue weighted by Crippen LogP contribution is 2.34. The number of rotatable bonds is 5. The molecule has 1 rings (SSSR count). The summed E-state index contributed by atoms with van der Waals surface area (Å²) in [4.78, 5) is 0. The smallest absolute Gasteiger partial charge is 0.139 e. The van der Waals surface area contributed by atoms with E-state index in [0.29, 0.717) is 27.4 Å². The van der Waals surface area contributed by atoms with Gasteiger partial charge in [-0.05, 0) is 13.1 Å². The van der Waals surface area contributed by atoms with Crippen LogP contribution in [-0.4, -0.2) is 20.2 Å². The zero-order valence-electron chi connectivity index (χ0n) is 10.1. The first-order valence-electron chi connectivity index (χ1n) is 5.28. The monoisotopic (exact) mass is 295 g/mol. The third-order valence-electron chi connectivity index (χ3n) is 2.25. The molecule has 1 aromatic carbocycles. The summed E-state index contributed by atoms with van der Waals surface area (Å²) >= 11 is 17.8. The molecule has 0 saturated heterocycles. The number of halogens is 3. The average Bonchev–Trinajstić information content (AvgIpc) is 2.21. The Bertz CT molecular complexity index is 394. The Labute approximate surface area is 117 Å². The van der Waals surface area contributed by atoms with Crippen LogP contribution in [0.2, 0.25) is 15.1 Å². The normalized spacial score (nSPS) is 11.6. The topological polar surface area (TPSA) is 21.3 Å².